The number of alkyl carbamates (subject to hydrolysis) is 1. The molecule has 1 amide bonds. The number of rotatable bonds is 5. The molecule has 0 aliphatic heterocycles. The standard InChI is InChI=1S/C18H24N4O4S/c1-18(2,3)26-17(23)21-8-12-10-6-14(24-4)15(25-5)7-11(10)13(9-20-12)22-16(19)27/h6-7,9H,8H2,1-5H3,(H,21,23)(H3,19,22,27). The van der Waals surface area contributed by atoms with Crippen LogP contribution < -0.4 is 25.8 Å². The van der Waals surface area contributed by atoms with Crippen LogP contribution in [0.1, 0.15) is 26.5 Å². The lowest BCUT2D eigenvalue weighted by Gasteiger charge is -2.20. The maximum Gasteiger partial charge on any atom is 0.407 e. The van der Waals surface area contributed by atoms with Crippen molar-refractivity contribution in [2.24, 2.45) is 5.73 Å². The lowest BCUT2D eigenvalue weighted by atomic mass is 10.1. The molecular weight excluding hydrogens is 368 g/mol. The van der Waals surface area contributed by atoms with Gasteiger partial charge in [0, 0.05) is 10.8 Å². The van der Waals surface area contributed by atoms with Gasteiger partial charge < -0.3 is 30.6 Å². The Morgan fingerprint density at radius 1 is 1.19 bits per heavy atom. The van der Waals surface area contributed by atoms with E-state index < -0.39 is 11.7 Å². The normalized spacial score (nSPS) is 11.0. The van der Waals surface area contributed by atoms with E-state index in [4.69, 9.17) is 32.2 Å². The minimum Gasteiger partial charge on any atom is -0.493 e. The van der Waals surface area contributed by atoms with Gasteiger partial charge in [-0.25, -0.2) is 4.79 Å². The first-order valence-corrected chi connectivity index (χ1v) is 8.62. The van der Waals surface area contributed by atoms with Gasteiger partial charge in [-0.3, -0.25) is 4.98 Å². The Morgan fingerprint density at radius 3 is 2.30 bits per heavy atom. The van der Waals surface area contributed by atoms with Crippen LogP contribution in [0.25, 0.3) is 10.8 Å². The van der Waals surface area contributed by atoms with Crippen molar-refractivity contribution >= 4 is 39.9 Å². The Balaban J connectivity index is 2.44. The van der Waals surface area contributed by atoms with Crippen LogP contribution in [-0.2, 0) is 11.3 Å². The number of amides is 1. The summed E-state index contributed by atoms with van der Waals surface area (Å²) in [6, 6.07) is 3.59. The quantitative estimate of drug-likeness (QED) is 0.667. The van der Waals surface area contributed by atoms with Crippen molar-refractivity contribution in [1.29, 1.82) is 0 Å². The van der Waals surface area contributed by atoms with E-state index in [2.05, 4.69) is 15.6 Å². The van der Waals surface area contributed by atoms with Crippen LogP contribution in [0.15, 0.2) is 18.3 Å². The van der Waals surface area contributed by atoms with E-state index >= 15 is 0 Å². The first-order chi connectivity index (χ1) is 12.6. The average Bonchev–Trinajstić information content (AvgIpc) is 2.57. The molecule has 0 fully saturated rings. The summed E-state index contributed by atoms with van der Waals surface area (Å²) in [7, 11) is 3.10. The molecule has 9 heteroatoms. The Morgan fingerprint density at radius 2 is 1.78 bits per heavy atom. The Bertz CT molecular complexity index is 865. The van der Waals surface area contributed by atoms with Crippen molar-refractivity contribution in [3.63, 3.8) is 0 Å². The first-order valence-electron chi connectivity index (χ1n) is 8.21. The lowest BCUT2D eigenvalue weighted by Crippen LogP contribution is -2.32. The number of pyridine rings is 1. The molecule has 0 saturated heterocycles. The number of fused-ring (bicyclic) bond motifs is 1. The Kier molecular flexibility index (Phi) is 6.27. The molecule has 1 aromatic heterocycles. The third kappa shape index (κ3) is 5.33. The SMILES string of the molecule is COc1cc2c(NC(N)=S)cnc(CNC(=O)OC(C)(C)C)c2cc1OC. The number of carbonyl (C=O) groups is 1. The molecule has 0 aliphatic rings. The number of benzene rings is 1. The topological polar surface area (TPSA) is 108 Å². The molecule has 2 aromatic rings. The second kappa shape index (κ2) is 8.26. The number of methoxy groups -OCH3 is 2. The van der Waals surface area contributed by atoms with E-state index in [0.29, 0.717) is 22.9 Å². The number of ether oxygens (including phenoxy) is 3. The maximum atomic E-state index is 12.0. The fourth-order valence-corrected chi connectivity index (χ4v) is 2.58. The van der Waals surface area contributed by atoms with E-state index in [-0.39, 0.29) is 11.7 Å². The molecule has 0 atom stereocenters. The summed E-state index contributed by atoms with van der Waals surface area (Å²) in [5.41, 5.74) is 6.27. The zero-order valence-corrected chi connectivity index (χ0v) is 16.8. The molecule has 1 aromatic carbocycles. The smallest absolute Gasteiger partial charge is 0.407 e. The van der Waals surface area contributed by atoms with Gasteiger partial charge in [0.2, 0.25) is 0 Å². The number of aromatic nitrogens is 1. The molecular formula is C18H24N4O4S. The molecule has 4 N–H and O–H groups in total. The van der Waals surface area contributed by atoms with Crippen LogP contribution in [-0.4, -0.2) is 36.0 Å². The second-order valence-electron chi connectivity index (χ2n) is 6.72. The summed E-state index contributed by atoms with van der Waals surface area (Å²) >= 11 is 4.93. The highest BCUT2D eigenvalue weighted by molar-refractivity contribution is 7.80. The molecule has 0 aliphatic carbocycles. The Labute approximate surface area is 163 Å². The Hall–Kier alpha value is -2.81. The highest BCUT2D eigenvalue weighted by Gasteiger charge is 2.18. The minimum atomic E-state index is -0.583. The molecule has 2 rings (SSSR count). The van der Waals surface area contributed by atoms with Crippen molar-refractivity contribution in [2.45, 2.75) is 32.9 Å². The van der Waals surface area contributed by atoms with Gasteiger partial charge in [0.25, 0.3) is 0 Å². The van der Waals surface area contributed by atoms with E-state index in [9.17, 15) is 4.79 Å². The summed E-state index contributed by atoms with van der Waals surface area (Å²) in [6.45, 7) is 5.57. The predicted octanol–water partition coefficient (Wildman–Crippen LogP) is 2.93. The number of hydrogen-bond donors (Lipinski definition) is 3. The molecule has 0 saturated carbocycles. The highest BCUT2D eigenvalue weighted by atomic mass is 32.1. The molecule has 0 bridgehead atoms. The van der Waals surface area contributed by atoms with Crippen LogP contribution in [0.3, 0.4) is 0 Å². The van der Waals surface area contributed by atoms with Crippen LogP contribution >= 0.6 is 12.2 Å². The zero-order valence-electron chi connectivity index (χ0n) is 16.0. The summed E-state index contributed by atoms with van der Waals surface area (Å²) in [6.07, 6.45) is 1.07. The van der Waals surface area contributed by atoms with E-state index in [1.54, 1.807) is 53.3 Å². The number of anilines is 1. The molecule has 8 nitrogen and oxygen atoms in total. The number of nitrogens with two attached hydrogens (primary N) is 1. The summed E-state index contributed by atoms with van der Waals surface area (Å²) in [5, 5.41) is 7.25. The lowest BCUT2D eigenvalue weighted by molar-refractivity contribution is 0.0523. The molecule has 1 heterocycles. The fourth-order valence-electron chi connectivity index (χ4n) is 2.47. The van der Waals surface area contributed by atoms with Crippen molar-refractivity contribution in [2.75, 3.05) is 19.5 Å². The number of thiocarbonyl (C=S) groups is 1. The highest BCUT2D eigenvalue weighted by Crippen LogP contribution is 2.36. The fraction of sp³-hybridized carbons (Fsp3) is 0.389. The monoisotopic (exact) mass is 392 g/mol. The first kappa shape index (κ1) is 20.5. The molecule has 0 radical (unpaired) electrons. The third-order valence-electron chi connectivity index (χ3n) is 3.53. The van der Waals surface area contributed by atoms with Gasteiger partial charge >= 0.3 is 6.09 Å². The van der Waals surface area contributed by atoms with Gasteiger partial charge in [-0.05, 0) is 45.1 Å². The van der Waals surface area contributed by atoms with Gasteiger partial charge in [-0.15, -0.1) is 0 Å². The number of carbonyl (C=O) groups excluding carboxylic acids is 1. The summed E-state index contributed by atoms with van der Waals surface area (Å²) < 4.78 is 16.0. The van der Waals surface area contributed by atoms with Gasteiger partial charge in [0.15, 0.2) is 16.6 Å². The van der Waals surface area contributed by atoms with Gasteiger partial charge in [-0.1, -0.05) is 0 Å². The molecule has 27 heavy (non-hydrogen) atoms. The summed E-state index contributed by atoms with van der Waals surface area (Å²) in [4.78, 5) is 16.4. The number of nitrogens with zero attached hydrogens (tertiary/aromatic N) is 1. The van der Waals surface area contributed by atoms with E-state index in [1.807, 2.05) is 0 Å². The minimum absolute atomic E-state index is 0.118. The zero-order chi connectivity index (χ0) is 20.2. The van der Waals surface area contributed by atoms with Crippen LogP contribution in [0.4, 0.5) is 10.5 Å². The summed E-state index contributed by atoms with van der Waals surface area (Å²) in [5.74, 6) is 1.09. The van der Waals surface area contributed by atoms with Crippen molar-refractivity contribution in [3.8, 4) is 11.5 Å². The van der Waals surface area contributed by atoms with Crippen LogP contribution in [0.5, 0.6) is 11.5 Å². The predicted molar refractivity (Wildman–Crippen MR) is 108 cm³/mol. The average molecular weight is 392 g/mol. The van der Waals surface area contributed by atoms with Crippen molar-refractivity contribution in [3.05, 3.63) is 24.0 Å². The van der Waals surface area contributed by atoms with Gasteiger partial charge in [0.05, 0.1) is 38.3 Å². The molecule has 0 unspecified atom stereocenters. The maximum absolute atomic E-state index is 12.0. The van der Waals surface area contributed by atoms with E-state index in [0.717, 1.165) is 10.8 Å². The van der Waals surface area contributed by atoms with Crippen LogP contribution in [0.2, 0.25) is 0 Å². The number of nitrogens with one attached hydrogen (secondary N) is 2. The largest absolute Gasteiger partial charge is 0.493 e. The van der Waals surface area contributed by atoms with E-state index in [1.165, 1.54) is 0 Å². The van der Waals surface area contributed by atoms with Crippen molar-refractivity contribution < 1.29 is 19.0 Å². The van der Waals surface area contributed by atoms with Gasteiger partial charge in [0.1, 0.15) is 5.60 Å². The molecule has 0 spiro atoms. The second-order valence-corrected chi connectivity index (χ2v) is 7.16. The van der Waals surface area contributed by atoms with Gasteiger partial charge in [-0.2, -0.15) is 0 Å². The number of hydrogen-bond acceptors (Lipinski definition) is 6. The van der Waals surface area contributed by atoms with Crippen LogP contribution in [0, 0.1) is 0 Å². The molecule has 146 valence electrons. The van der Waals surface area contributed by atoms with Crippen molar-refractivity contribution in [1.82, 2.24) is 10.3 Å². The third-order valence-corrected chi connectivity index (χ3v) is 3.63.